The highest BCUT2D eigenvalue weighted by Gasteiger charge is 1.99. The molecule has 102 valence electrons. The van der Waals surface area contributed by atoms with Crippen molar-refractivity contribution in [2.75, 3.05) is 33.2 Å². The Hall–Kier alpha value is -0.930. The van der Waals surface area contributed by atoms with Gasteiger partial charge in [0.25, 0.3) is 0 Å². The van der Waals surface area contributed by atoms with Gasteiger partial charge in [0, 0.05) is 18.9 Å². The van der Waals surface area contributed by atoms with E-state index in [1.165, 1.54) is 12.0 Å². The van der Waals surface area contributed by atoms with Crippen LogP contribution in [0.3, 0.4) is 0 Å². The Labute approximate surface area is 112 Å². The topological polar surface area (TPSA) is 28.2 Å². The molecule has 0 aliphatic rings. The summed E-state index contributed by atoms with van der Waals surface area (Å²) in [5.41, 5.74) is 1.37. The second-order valence-electron chi connectivity index (χ2n) is 5.36. The standard InChI is InChI=1S/C15H27N3/c1-14(2)13-17-8-4-11-18(3)12-7-15-5-9-16-10-6-15/h5-6,9-10,14,17H,4,7-8,11-13H2,1-3H3. The monoisotopic (exact) mass is 249 g/mol. The lowest BCUT2D eigenvalue weighted by molar-refractivity contribution is 0.329. The van der Waals surface area contributed by atoms with E-state index in [2.05, 4.69) is 48.2 Å². The van der Waals surface area contributed by atoms with Crippen LogP contribution in [0.1, 0.15) is 25.8 Å². The van der Waals surface area contributed by atoms with Crippen molar-refractivity contribution < 1.29 is 0 Å². The Morgan fingerprint density at radius 1 is 1.22 bits per heavy atom. The molecule has 3 nitrogen and oxygen atoms in total. The largest absolute Gasteiger partial charge is 0.316 e. The summed E-state index contributed by atoms with van der Waals surface area (Å²) in [6, 6.07) is 4.19. The van der Waals surface area contributed by atoms with Gasteiger partial charge >= 0.3 is 0 Å². The van der Waals surface area contributed by atoms with Gasteiger partial charge in [-0.25, -0.2) is 0 Å². The van der Waals surface area contributed by atoms with Gasteiger partial charge in [-0.15, -0.1) is 0 Å². The van der Waals surface area contributed by atoms with E-state index in [1.807, 2.05) is 12.4 Å². The molecule has 0 saturated heterocycles. The van der Waals surface area contributed by atoms with E-state index in [0.717, 1.165) is 38.5 Å². The Bertz CT molecular complexity index is 298. The first-order chi connectivity index (χ1) is 8.68. The van der Waals surface area contributed by atoms with Crippen molar-refractivity contribution in [2.45, 2.75) is 26.7 Å². The highest BCUT2D eigenvalue weighted by atomic mass is 15.1. The van der Waals surface area contributed by atoms with Crippen LogP contribution in [0.2, 0.25) is 0 Å². The summed E-state index contributed by atoms with van der Waals surface area (Å²) < 4.78 is 0. The molecule has 1 heterocycles. The number of likely N-dealkylation sites (N-methyl/N-ethyl adjacent to an activating group) is 1. The van der Waals surface area contributed by atoms with Crippen molar-refractivity contribution in [2.24, 2.45) is 5.92 Å². The number of nitrogens with one attached hydrogen (secondary N) is 1. The van der Waals surface area contributed by atoms with Gasteiger partial charge in [0.05, 0.1) is 0 Å². The van der Waals surface area contributed by atoms with E-state index >= 15 is 0 Å². The van der Waals surface area contributed by atoms with Crippen LogP contribution in [0, 0.1) is 5.92 Å². The first-order valence-corrected chi connectivity index (χ1v) is 6.96. The maximum Gasteiger partial charge on any atom is 0.0270 e. The first-order valence-electron chi connectivity index (χ1n) is 6.96. The predicted octanol–water partition coefficient (Wildman–Crippen LogP) is 2.19. The molecule has 18 heavy (non-hydrogen) atoms. The fraction of sp³-hybridized carbons (Fsp3) is 0.667. The highest BCUT2D eigenvalue weighted by molar-refractivity contribution is 5.09. The highest BCUT2D eigenvalue weighted by Crippen LogP contribution is 1.99. The summed E-state index contributed by atoms with van der Waals surface area (Å²) >= 11 is 0. The van der Waals surface area contributed by atoms with E-state index in [0.29, 0.717) is 0 Å². The molecule has 0 amide bonds. The molecule has 0 aromatic carbocycles. The maximum absolute atomic E-state index is 4.03. The smallest absolute Gasteiger partial charge is 0.0270 e. The summed E-state index contributed by atoms with van der Waals surface area (Å²) in [6.45, 7) is 9.02. The zero-order valence-corrected chi connectivity index (χ0v) is 12.0. The third-order valence-corrected chi connectivity index (χ3v) is 2.98. The van der Waals surface area contributed by atoms with Gasteiger partial charge in [0.2, 0.25) is 0 Å². The summed E-state index contributed by atoms with van der Waals surface area (Å²) in [5.74, 6) is 0.745. The molecule has 3 heteroatoms. The van der Waals surface area contributed by atoms with E-state index in [4.69, 9.17) is 0 Å². The van der Waals surface area contributed by atoms with Crippen molar-refractivity contribution in [1.29, 1.82) is 0 Å². The molecule has 0 bridgehead atoms. The number of hydrogen-bond donors (Lipinski definition) is 1. The third-order valence-electron chi connectivity index (χ3n) is 2.98. The van der Waals surface area contributed by atoms with Crippen LogP contribution in [0.25, 0.3) is 0 Å². The number of pyridine rings is 1. The van der Waals surface area contributed by atoms with E-state index < -0.39 is 0 Å². The fourth-order valence-corrected chi connectivity index (χ4v) is 1.85. The summed E-state index contributed by atoms with van der Waals surface area (Å²) in [5, 5.41) is 3.48. The summed E-state index contributed by atoms with van der Waals surface area (Å²) in [7, 11) is 2.20. The molecule has 0 spiro atoms. The normalized spacial score (nSPS) is 11.4. The number of hydrogen-bond acceptors (Lipinski definition) is 3. The molecule has 0 radical (unpaired) electrons. The molecule has 1 rings (SSSR count). The average molecular weight is 249 g/mol. The lowest BCUT2D eigenvalue weighted by Gasteiger charge is -2.16. The van der Waals surface area contributed by atoms with Crippen LogP contribution < -0.4 is 5.32 Å². The molecule has 1 aromatic rings. The maximum atomic E-state index is 4.03. The molecule has 0 aliphatic carbocycles. The number of nitrogens with zero attached hydrogens (tertiary/aromatic N) is 2. The SMILES string of the molecule is CC(C)CNCCCN(C)CCc1ccncc1. The summed E-state index contributed by atoms with van der Waals surface area (Å²) in [4.78, 5) is 6.44. The molecule has 0 atom stereocenters. The fourth-order valence-electron chi connectivity index (χ4n) is 1.85. The van der Waals surface area contributed by atoms with Crippen molar-refractivity contribution >= 4 is 0 Å². The molecule has 1 aromatic heterocycles. The van der Waals surface area contributed by atoms with Gasteiger partial charge in [0.1, 0.15) is 0 Å². The minimum absolute atomic E-state index is 0.745. The molecule has 0 aliphatic heterocycles. The Kier molecular flexibility index (Phi) is 7.62. The van der Waals surface area contributed by atoms with E-state index in [-0.39, 0.29) is 0 Å². The second-order valence-corrected chi connectivity index (χ2v) is 5.36. The molecule has 0 unspecified atom stereocenters. The quantitative estimate of drug-likeness (QED) is 0.680. The van der Waals surface area contributed by atoms with Gasteiger partial charge in [-0.05, 0) is 63.1 Å². The molecule has 0 saturated carbocycles. The van der Waals surface area contributed by atoms with Crippen molar-refractivity contribution in [3.05, 3.63) is 30.1 Å². The van der Waals surface area contributed by atoms with Crippen molar-refractivity contribution in [3.63, 3.8) is 0 Å². The minimum atomic E-state index is 0.745. The zero-order valence-electron chi connectivity index (χ0n) is 12.0. The van der Waals surface area contributed by atoms with E-state index in [1.54, 1.807) is 0 Å². The van der Waals surface area contributed by atoms with Crippen LogP contribution >= 0.6 is 0 Å². The van der Waals surface area contributed by atoms with Gasteiger partial charge in [-0.1, -0.05) is 13.8 Å². The minimum Gasteiger partial charge on any atom is -0.316 e. The Balaban J connectivity index is 2.02. The van der Waals surface area contributed by atoms with Crippen LogP contribution in [-0.4, -0.2) is 43.1 Å². The lowest BCUT2D eigenvalue weighted by Crippen LogP contribution is -2.27. The van der Waals surface area contributed by atoms with Gasteiger partial charge in [0.15, 0.2) is 0 Å². The molecular weight excluding hydrogens is 222 g/mol. The first kappa shape index (κ1) is 15.1. The van der Waals surface area contributed by atoms with Crippen molar-refractivity contribution in [1.82, 2.24) is 15.2 Å². The van der Waals surface area contributed by atoms with Crippen LogP contribution in [0.4, 0.5) is 0 Å². The number of rotatable bonds is 9. The third kappa shape index (κ3) is 7.41. The average Bonchev–Trinajstić information content (AvgIpc) is 2.37. The van der Waals surface area contributed by atoms with Crippen molar-refractivity contribution in [3.8, 4) is 0 Å². The molecular formula is C15H27N3. The summed E-state index contributed by atoms with van der Waals surface area (Å²) in [6.07, 6.45) is 6.06. The van der Waals surface area contributed by atoms with Gasteiger partial charge in [-0.2, -0.15) is 0 Å². The van der Waals surface area contributed by atoms with Crippen LogP contribution in [0.5, 0.6) is 0 Å². The second kappa shape index (κ2) is 9.06. The Morgan fingerprint density at radius 3 is 2.61 bits per heavy atom. The lowest BCUT2D eigenvalue weighted by atomic mass is 10.2. The Morgan fingerprint density at radius 2 is 1.94 bits per heavy atom. The predicted molar refractivity (Wildman–Crippen MR) is 77.8 cm³/mol. The van der Waals surface area contributed by atoms with Gasteiger partial charge < -0.3 is 10.2 Å². The molecule has 1 N–H and O–H groups in total. The molecule has 0 fully saturated rings. The van der Waals surface area contributed by atoms with Crippen LogP contribution in [-0.2, 0) is 6.42 Å². The van der Waals surface area contributed by atoms with Gasteiger partial charge in [-0.3, -0.25) is 4.98 Å². The van der Waals surface area contributed by atoms with Crippen LogP contribution in [0.15, 0.2) is 24.5 Å². The van der Waals surface area contributed by atoms with E-state index in [9.17, 15) is 0 Å². The zero-order chi connectivity index (χ0) is 13.2. The number of aromatic nitrogens is 1.